The highest BCUT2D eigenvalue weighted by atomic mass is 19.3. The number of alkyl halides is 2. The third kappa shape index (κ3) is 3.19. The quantitative estimate of drug-likeness (QED) is 0.706. The predicted octanol–water partition coefficient (Wildman–Crippen LogP) is 2.04. The summed E-state index contributed by atoms with van der Waals surface area (Å²) in [5.41, 5.74) is 0.599. The number of halogens is 2. The van der Waals surface area contributed by atoms with E-state index in [1.165, 1.54) is 19.2 Å². The Kier molecular flexibility index (Phi) is 4.03. The number of methoxy groups -OCH3 is 1. The minimum atomic E-state index is -2.91. The molecule has 1 rings (SSSR count). The van der Waals surface area contributed by atoms with E-state index >= 15 is 0 Å². The molecule has 0 saturated carbocycles. The summed E-state index contributed by atoms with van der Waals surface area (Å²) in [5, 5.41) is 0. The Morgan fingerprint density at radius 2 is 2.13 bits per heavy atom. The molecule has 82 valence electrons. The highest BCUT2D eigenvalue weighted by Gasteiger charge is 2.10. The second-order valence-electron chi connectivity index (χ2n) is 2.73. The first-order valence-electron chi connectivity index (χ1n) is 4.22. The Morgan fingerprint density at radius 3 is 2.67 bits per heavy atom. The van der Waals surface area contributed by atoms with Crippen LogP contribution in [0, 0.1) is 0 Å². The molecule has 0 aromatic heterocycles. The molecule has 5 heteroatoms. The predicted molar refractivity (Wildman–Crippen MR) is 49.4 cm³/mol. The molecular formula is C10H10F2O3. The van der Waals surface area contributed by atoms with E-state index in [2.05, 4.69) is 4.74 Å². The van der Waals surface area contributed by atoms with E-state index in [1.807, 2.05) is 0 Å². The van der Waals surface area contributed by atoms with E-state index in [-0.39, 0.29) is 17.9 Å². The first kappa shape index (κ1) is 11.4. The fourth-order valence-electron chi connectivity index (χ4n) is 1.13. The molecule has 0 aliphatic heterocycles. The lowest BCUT2D eigenvalue weighted by Crippen LogP contribution is -2.04. The molecular weight excluding hydrogens is 206 g/mol. The smallest absolute Gasteiger partial charge is 0.387 e. The molecule has 0 saturated heterocycles. The van der Waals surface area contributed by atoms with Crippen LogP contribution < -0.4 is 9.47 Å². The molecule has 0 aliphatic rings. The normalized spacial score (nSPS) is 10.1. The summed E-state index contributed by atoms with van der Waals surface area (Å²) < 4.78 is 33.1. The zero-order valence-electron chi connectivity index (χ0n) is 8.07. The number of hydrogen-bond donors (Lipinski definition) is 0. The minimum absolute atomic E-state index is 0.0631. The summed E-state index contributed by atoms with van der Waals surface area (Å²) in [5.74, 6) is 0.150. The van der Waals surface area contributed by atoms with Crippen LogP contribution in [0.5, 0.6) is 11.5 Å². The zero-order chi connectivity index (χ0) is 11.3. The standard InChI is InChI=1S/C10H10F2O3/c1-14-8-3-2-7(4-5-13)6-9(8)15-10(11)12/h2-3,5-6,10H,4H2,1H3. The van der Waals surface area contributed by atoms with E-state index in [9.17, 15) is 13.6 Å². The molecule has 3 nitrogen and oxygen atoms in total. The molecule has 0 N–H and O–H groups in total. The number of carbonyl (C=O) groups excluding carboxylic acids is 1. The maximum Gasteiger partial charge on any atom is 0.387 e. The molecule has 0 unspecified atom stereocenters. The molecule has 15 heavy (non-hydrogen) atoms. The maximum atomic E-state index is 12.0. The van der Waals surface area contributed by atoms with Crippen molar-refractivity contribution in [2.24, 2.45) is 0 Å². The molecule has 0 bridgehead atoms. The average Bonchev–Trinajstić information content (AvgIpc) is 2.18. The lowest BCUT2D eigenvalue weighted by molar-refractivity contribution is -0.107. The van der Waals surface area contributed by atoms with E-state index in [1.54, 1.807) is 6.07 Å². The highest BCUT2D eigenvalue weighted by molar-refractivity contribution is 5.56. The maximum absolute atomic E-state index is 12.0. The van der Waals surface area contributed by atoms with Crippen molar-refractivity contribution in [1.82, 2.24) is 0 Å². The number of benzene rings is 1. The molecule has 1 aromatic rings. The second kappa shape index (κ2) is 5.29. The Morgan fingerprint density at radius 1 is 1.40 bits per heavy atom. The van der Waals surface area contributed by atoms with Gasteiger partial charge in [0.25, 0.3) is 0 Å². The Balaban J connectivity index is 2.96. The molecule has 1 aromatic carbocycles. The van der Waals surface area contributed by atoms with Gasteiger partial charge in [-0.2, -0.15) is 8.78 Å². The molecule has 0 aliphatic carbocycles. The monoisotopic (exact) mass is 216 g/mol. The van der Waals surface area contributed by atoms with Gasteiger partial charge in [-0.1, -0.05) is 6.07 Å². The number of hydrogen-bond acceptors (Lipinski definition) is 3. The van der Waals surface area contributed by atoms with Crippen LogP contribution >= 0.6 is 0 Å². The van der Waals surface area contributed by atoms with Crippen molar-refractivity contribution in [1.29, 1.82) is 0 Å². The molecule has 0 fully saturated rings. The fraction of sp³-hybridized carbons (Fsp3) is 0.300. The van der Waals surface area contributed by atoms with Gasteiger partial charge in [-0.15, -0.1) is 0 Å². The van der Waals surface area contributed by atoms with Crippen LogP contribution in [0.4, 0.5) is 8.78 Å². The van der Waals surface area contributed by atoms with Gasteiger partial charge < -0.3 is 14.3 Å². The third-order valence-corrected chi connectivity index (χ3v) is 1.76. The van der Waals surface area contributed by atoms with Crippen LogP contribution in [0.1, 0.15) is 5.56 Å². The summed E-state index contributed by atoms with van der Waals surface area (Å²) in [6, 6.07) is 4.46. The van der Waals surface area contributed by atoms with Gasteiger partial charge in [0.2, 0.25) is 0 Å². The number of aldehydes is 1. The van der Waals surface area contributed by atoms with Crippen LogP contribution in [-0.4, -0.2) is 20.0 Å². The van der Waals surface area contributed by atoms with Gasteiger partial charge in [-0.3, -0.25) is 0 Å². The van der Waals surface area contributed by atoms with Crippen molar-refractivity contribution in [3.05, 3.63) is 23.8 Å². The number of ether oxygens (including phenoxy) is 2. The summed E-state index contributed by atoms with van der Waals surface area (Å²) in [6.45, 7) is -2.91. The third-order valence-electron chi connectivity index (χ3n) is 1.76. The van der Waals surface area contributed by atoms with Gasteiger partial charge in [0.15, 0.2) is 11.5 Å². The second-order valence-corrected chi connectivity index (χ2v) is 2.73. The van der Waals surface area contributed by atoms with Crippen LogP contribution in [0.3, 0.4) is 0 Å². The van der Waals surface area contributed by atoms with E-state index in [4.69, 9.17) is 4.74 Å². The Labute approximate surface area is 85.6 Å². The first-order valence-corrected chi connectivity index (χ1v) is 4.22. The summed E-state index contributed by atoms with van der Waals surface area (Å²) in [7, 11) is 1.35. The van der Waals surface area contributed by atoms with Gasteiger partial charge in [-0.25, -0.2) is 0 Å². The van der Waals surface area contributed by atoms with Crippen molar-refractivity contribution in [2.45, 2.75) is 13.0 Å². The SMILES string of the molecule is COc1ccc(CC=O)cc1OC(F)F. The first-order chi connectivity index (χ1) is 7.17. The van der Waals surface area contributed by atoms with Crippen molar-refractivity contribution in [3.8, 4) is 11.5 Å². The van der Waals surface area contributed by atoms with E-state index in [0.29, 0.717) is 11.8 Å². The fourth-order valence-corrected chi connectivity index (χ4v) is 1.13. The summed E-state index contributed by atoms with van der Waals surface area (Å²) >= 11 is 0. The molecule has 0 atom stereocenters. The average molecular weight is 216 g/mol. The summed E-state index contributed by atoms with van der Waals surface area (Å²) in [6.07, 6.45) is 0.845. The van der Waals surface area contributed by atoms with Gasteiger partial charge in [0.1, 0.15) is 6.29 Å². The minimum Gasteiger partial charge on any atom is -0.493 e. The molecule has 0 spiro atoms. The molecule has 0 amide bonds. The van der Waals surface area contributed by atoms with Crippen molar-refractivity contribution < 1.29 is 23.0 Å². The van der Waals surface area contributed by atoms with Crippen molar-refractivity contribution in [2.75, 3.05) is 7.11 Å². The lowest BCUT2D eigenvalue weighted by atomic mass is 10.1. The Bertz CT molecular complexity index is 339. The highest BCUT2D eigenvalue weighted by Crippen LogP contribution is 2.29. The van der Waals surface area contributed by atoms with Crippen molar-refractivity contribution >= 4 is 6.29 Å². The number of carbonyl (C=O) groups is 1. The van der Waals surface area contributed by atoms with Gasteiger partial charge in [-0.05, 0) is 17.7 Å². The Hall–Kier alpha value is -1.65. The number of rotatable bonds is 5. The van der Waals surface area contributed by atoms with Gasteiger partial charge in [0.05, 0.1) is 7.11 Å². The molecule has 0 radical (unpaired) electrons. The van der Waals surface area contributed by atoms with Gasteiger partial charge in [0, 0.05) is 6.42 Å². The largest absolute Gasteiger partial charge is 0.493 e. The van der Waals surface area contributed by atoms with E-state index < -0.39 is 6.61 Å². The van der Waals surface area contributed by atoms with Crippen molar-refractivity contribution in [3.63, 3.8) is 0 Å². The molecule has 0 heterocycles. The van der Waals surface area contributed by atoms with Crippen LogP contribution in [0.25, 0.3) is 0 Å². The summed E-state index contributed by atoms with van der Waals surface area (Å²) in [4.78, 5) is 10.2. The topological polar surface area (TPSA) is 35.5 Å². The van der Waals surface area contributed by atoms with E-state index in [0.717, 1.165) is 0 Å². The van der Waals surface area contributed by atoms with Crippen LogP contribution in [0.2, 0.25) is 0 Å². The van der Waals surface area contributed by atoms with Crippen LogP contribution in [-0.2, 0) is 11.2 Å². The lowest BCUT2D eigenvalue weighted by Gasteiger charge is -2.10. The van der Waals surface area contributed by atoms with Crippen LogP contribution in [0.15, 0.2) is 18.2 Å². The zero-order valence-corrected chi connectivity index (χ0v) is 8.07. The van der Waals surface area contributed by atoms with Gasteiger partial charge >= 0.3 is 6.61 Å².